The van der Waals surface area contributed by atoms with E-state index in [9.17, 15) is 4.79 Å². The van der Waals surface area contributed by atoms with Crippen molar-refractivity contribution in [1.82, 2.24) is 15.0 Å². The van der Waals surface area contributed by atoms with Crippen LogP contribution in [0.4, 0.5) is 0 Å². The first-order valence-corrected chi connectivity index (χ1v) is 3.69. The van der Waals surface area contributed by atoms with Crippen molar-refractivity contribution < 1.29 is 9.90 Å². The number of hydrogen-bond acceptors (Lipinski definition) is 2. The molecule has 0 spiro atoms. The van der Waals surface area contributed by atoms with Crippen LogP contribution in [-0.2, 0) is 0 Å². The fourth-order valence-electron chi connectivity index (χ4n) is 1.06. The number of hydrogen-bond donors (Lipinski definition) is 3. The molecule has 0 aromatic carbocycles. The van der Waals surface area contributed by atoms with Crippen LogP contribution in [0.1, 0.15) is 10.6 Å². The monoisotopic (exact) mass is 177 g/mol. The second kappa shape index (κ2) is 2.78. The maximum absolute atomic E-state index is 10.5. The van der Waals surface area contributed by atoms with Crippen LogP contribution in [0, 0.1) is 0 Å². The van der Waals surface area contributed by atoms with Crippen LogP contribution in [-0.4, -0.2) is 26.0 Å². The number of carbonyl (C=O) groups is 1. The van der Waals surface area contributed by atoms with Crippen LogP contribution in [0.5, 0.6) is 0 Å². The van der Waals surface area contributed by atoms with E-state index < -0.39 is 5.97 Å². The highest BCUT2D eigenvalue weighted by molar-refractivity contribution is 5.84. The summed E-state index contributed by atoms with van der Waals surface area (Å²) >= 11 is 0. The fourth-order valence-corrected chi connectivity index (χ4v) is 1.06. The van der Waals surface area contributed by atoms with Gasteiger partial charge in [-0.2, -0.15) is 0 Å². The highest BCUT2D eigenvalue weighted by Crippen LogP contribution is 2.13. The Morgan fingerprint density at radius 3 is 2.85 bits per heavy atom. The van der Waals surface area contributed by atoms with Crippen LogP contribution in [0.2, 0.25) is 0 Å². The van der Waals surface area contributed by atoms with Gasteiger partial charge in [-0.25, -0.2) is 9.78 Å². The van der Waals surface area contributed by atoms with Gasteiger partial charge in [0.2, 0.25) is 5.82 Å². The van der Waals surface area contributed by atoms with Gasteiger partial charge in [0.15, 0.2) is 0 Å². The summed E-state index contributed by atoms with van der Waals surface area (Å²) < 4.78 is 0. The van der Waals surface area contributed by atoms with Gasteiger partial charge in [-0.15, -0.1) is 0 Å². The SMILES string of the molecule is O=C(O)c1ncc(-c2ccc[nH]2)[nH]1. The molecule has 0 saturated carbocycles. The summed E-state index contributed by atoms with van der Waals surface area (Å²) in [6.45, 7) is 0. The molecule has 0 radical (unpaired) electrons. The van der Waals surface area contributed by atoms with Gasteiger partial charge in [-0.1, -0.05) is 0 Å². The van der Waals surface area contributed by atoms with E-state index in [0.29, 0.717) is 5.69 Å². The highest BCUT2D eigenvalue weighted by atomic mass is 16.4. The molecule has 5 heteroatoms. The molecule has 13 heavy (non-hydrogen) atoms. The molecule has 0 bridgehead atoms. The molecule has 0 saturated heterocycles. The Morgan fingerprint density at radius 1 is 1.46 bits per heavy atom. The normalized spacial score (nSPS) is 10.2. The lowest BCUT2D eigenvalue weighted by Gasteiger charge is -1.89. The average Bonchev–Trinajstić information content (AvgIpc) is 2.75. The number of imidazole rings is 1. The Kier molecular flexibility index (Phi) is 1.63. The zero-order chi connectivity index (χ0) is 9.26. The molecule has 0 atom stereocenters. The van der Waals surface area contributed by atoms with E-state index in [1.807, 2.05) is 12.1 Å². The van der Waals surface area contributed by atoms with Crippen LogP contribution >= 0.6 is 0 Å². The lowest BCUT2D eigenvalue weighted by atomic mass is 10.3. The van der Waals surface area contributed by atoms with Crippen molar-refractivity contribution in [2.24, 2.45) is 0 Å². The summed E-state index contributed by atoms with van der Waals surface area (Å²) in [5.74, 6) is -1.11. The first kappa shape index (κ1) is 7.60. The molecule has 2 aromatic rings. The van der Waals surface area contributed by atoms with E-state index in [0.717, 1.165) is 5.69 Å². The van der Waals surface area contributed by atoms with E-state index in [2.05, 4.69) is 15.0 Å². The minimum Gasteiger partial charge on any atom is -0.475 e. The quantitative estimate of drug-likeness (QED) is 0.642. The van der Waals surface area contributed by atoms with E-state index in [4.69, 9.17) is 5.11 Å². The van der Waals surface area contributed by atoms with Crippen LogP contribution in [0.3, 0.4) is 0 Å². The Hall–Kier alpha value is -2.04. The number of H-pyrrole nitrogens is 2. The first-order valence-electron chi connectivity index (χ1n) is 3.69. The fraction of sp³-hybridized carbons (Fsp3) is 0. The van der Waals surface area contributed by atoms with Crippen molar-refractivity contribution in [3.63, 3.8) is 0 Å². The third-order valence-electron chi connectivity index (χ3n) is 1.67. The summed E-state index contributed by atoms with van der Waals surface area (Å²) in [6.07, 6.45) is 3.24. The first-order chi connectivity index (χ1) is 6.27. The molecule has 2 heterocycles. The summed E-state index contributed by atoms with van der Waals surface area (Å²) in [4.78, 5) is 19.8. The summed E-state index contributed by atoms with van der Waals surface area (Å²) in [7, 11) is 0. The third-order valence-corrected chi connectivity index (χ3v) is 1.67. The van der Waals surface area contributed by atoms with Crippen molar-refractivity contribution >= 4 is 5.97 Å². The maximum atomic E-state index is 10.5. The standard InChI is InChI=1S/C8H7N3O2/c12-8(13)7-10-4-6(11-7)5-2-1-3-9-5/h1-4,9H,(H,10,11)(H,12,13). The molecule has 0 fully saturated rings. The number of aromatic nitrogens is 3. The molecule has 66 valence electrons. The van der Waals surface area contributed by atoms with Crippen molar-refractivity contribution in [1.29, 1.82) is 0 Å². The van der Waals surface area contributed by atoms with E-state index in [-0.39, 0.29) is 5.82 Å². The molecular formula is C8H7N3O2. The van der Waals surface area contributed by atoms with Gasteiger partial charge in [0, 0.05) is 6.20 Å². The summed E-state index contributed by atoms with van der Waals surface area (Å²) in [5, 5.41) is 8.59. The molecule has 5 nitrogen and oxygen atoms in total. The summed E-state index contributed by atoms with van der Waals surface area (Å²) in [6, 6.07) is 3.66. The average molecular weight is 177 g/mol. The second-order valence-corrected chi connectivity index (χ2v) is 2.53. The highest BCUT2D eigenvalue weighted by Gasteiger charge is 2.08. The van der Waals surface area contributed by atoms with E-state index in [1.165, 1.54) is 6.20 Å². The lowest BCUT2D eigenvalue weighted by molar-refractivity contribution is 0.0685. The van der Waals surface area contributed by atoms with Crippen LogP contribution in [0.25, 0.3) is 11.4 Å². The largest absolute Gasteiger partial charge is 0.475 e. The minimum atomic E-state index is -1.06. The number of rotatable bonds is 2. The van der Waals surface area contributed by atoms with Crippen molar-refractivity contribution in [2.45, 2.75) is 0 Å². The Morgan fingerprint density at radius 2 is 2.31 bits per heavy atom. The number of nitrogens with one attached hydrogen (secondary N) is 2. The molecule has 3 N–H and O–H groups in total. The van der Waals surface area contributed by atoms with Gasteiger partial charge in [-0.3, -0.25) is 0 Å². The van der Waals surface area contributed by atoms with Gasteiger partial charge in [-0.05, 0) is 12.1 Å². The zero-order valence-corrected chi connectivity index (χ0v) is 6.61. The maximum Gasteiger partial charge on any atom is 0.371 e. The summed E-state index contributed by atoms with van der Waals surface area (Å²) in [5.41, 5.74) is 1.49. The molecule has 0 amide bonds. The number of aromatic carboxylic acids is 1. The smallest absolute Gasteiger partial charge is 0.371 e. The molecule has 0 unspecified atom stereocenters. The van der Waals surface area contributed by atoms with Crippen LogP contribution in [0.15, 0.2) is 24.5 Å². The van der Waals surface area contributed by atoms with Gasteiger partial charge < -0.3 is 15.1 Å². The van der Waals surface area contributed by atoms with Gasteiger partial charge in [0.25, 0.3) is 0 Å². The zero-order valence-electron chi connectivity index (χ0n) is 6.61. The van der Waals surface area contributed by atoms with E-state index >= 15 is 0 Å². The Labute approximate surface area is 73.4 Å². The lowest BCUT2D eigenvalue weighted by Crippen LogP contribution is -1.98. The predicted octanol–water partition coefficient (Wildman–Crippen LogP) is 1.10. The number of carboxylic acids is 1. The van der Waals surface area contributed by atoms with Gasteiger partial charge in [0.05, 0.1) is 17.6 Å². The van der Waals surface area contributed by atoms with E-state index in [1.54, 1.807) is 6.20 Å². The van der Waals surface area contributed by atoms with Crippen molar-refractivity contribution in [2.75, 3.05) is 0 Å². The van der Waals surface area contributed by atoms with Crippen molar-refractivity contribution in [3.8, 4) is 11.4 Å². The van der Waals surface area contributed by atoms with Gasteiger partial charge >= 0.3 is 5.97 Å². The third kappa shape index (κ3) is 1.31. The topological polar surface area (TPSA) is 81.8 Å². The second-order valence-electron chi connectivity index (χ2n) is 2.53. The number of nitrogens with zero attached hydrogens (tertiary/aromatic N) is 1. The van der Waals surface area contributed by atoms with Crippen LogP contribution < -0.4 is 0 Å². The molecule has 2 rings (SSSR count). The Bertz CT molecular complexity index is 416. The molecule has 0 aliphatic rings. The predicted molar refractivity (Wildman–Crippen MR) is 45.3 cm³/mol. The van der Waals surface area contributed by atoms with Gasteiger partial charge in [0.1, 0.15) is 0 Å². The number of aromatic amines is 2. The molecular weight excluding hydrogens is 170 g/mol. The molecule has 2 aromatic heterocycles. The number of carboxylic acid groups (broad SMARTS) is 1. The molecule has 0 aliphatic heterocycles. The van der Waals surface area contributed by atoms with Crippen molar-refractivity contribution in [3.05, 3.63) is 30.4 Å². The Balaban J connectivity index is 2.39. The minimum absolute atomic E-state index is 0.0513. The molecule has 0 aliphatic carbocycles.